The maximum atomic E-state index is 11.3. The number of rotatable bonds is 4. The summed E-state index contributed by atoms with van der Waals surface area (Å²) < 4.78 is 0. The normalized spacial score (nSPS) is 43.7. The summed E-state index contributed by atoms with van der Waals surface area (Å²) in [5.74, 6) is -2.09. The lowest BCUT2D eigenvalue weighted by atomic mass is 9.31. The predicted octanol–water partition coefficient (Wildman–Crippen LogP) is -0.450. The molecule has 0 bridgehead atoms. The minimum absolute atomic E-state index is 0.521. The van der Waals surface area contributed by atoms with Crippen molar-refractivity contribution < 1.29 is 30.6 Å². The molecule has 4 rings (SSSR count). The van der Waals surface area contributed by atoms with Crippen LogP contribution in [0.4, 0.5) is 0 Å². The quantitative estimate of drug-likeness (QED) is 0.437. The Morgan fingerprint density at radius 1 is 1.04 bits per heavy atom. The molecule has 7 atom stereocenters. The molecule has 0 radical (unpaired) electrons. The molecule has 7 heteroatoms. The average Bonchev–Trinajstić information content (AvgIpc) is 3.15. The van der Waals surface area contributed by atoms with Gasteiger partial charge in [0.25, 0.3) is 0 Å². The molecule has 0 amide bonds. The standard InChI is InChI=1S/C18H20O6S/c19-9-12(20)16(22)14(11-7-4-8-25-11)17(23)15(21)13(18(16,17)24)10-5-2-1-3-6-10/h1-8,12-15,19-24H,9H2/t12-,13?,14?,15?,16+,17+,18+/m1/s1. The first-order valence-electron chi connectivity index (χ1n) is 8.07. The van der Waals surface area contributed by atoms with Crippen LogP contribution in [0.3, 0.4) is 0 Å². The van der Waals surface area contributed by atoms with Gasteiger partial charge in [0.1, 0.15) is 22.9 Å². The number of aliphatic hydroxyl groups excluding tert-OH is 3. The van der Waals surface area contributed by atoms with Crippen molar-refractivity contribution in [3.63, 3.8) is 0 Å². The summed E-state index contributed by atoms with van der Waals surface area (Å²) in [7, 11) is 0. The van der Waals surface area contributed by atoms with Gasteiger partial charge in [0, 0.05) is 10.8 Å². The highest BCUT2D eigenvalue weighted by molar-refractivity contribution is 7.10. The molecule has 2 saturated carbocycles. The average molecular weight is 364 g/mol. The second kappa shape index (κ2) is 5.34. The Morgan fingerprint density at radius 2 is 1.72 bits per heavy atom. The van der Waals surface area contributed by atoms with Gasteiger partial charge in [-0.3, -0.25) is 0 Å². The first-order chi connectivity index (χ1) is 11.8. The van der Waals surface area contributed by atoms with Crippen molar-refractivity contribution in [3.05, 3.63) is 58.3 Å². The van der Waals surface area contributed by atoms with E-state index in [2.05, 4.69) is 0 Å². The Morgan fingerprint density at radius 3 is 2.28 bits per heavy atom. The predicted molar refractivity (Wildman–Crippen MR) is 90.2 cm³/mol. The Bertz CT molecular complexity index is 767. The second-order valence-electron chi connectivity index (χ2n) is 6.90. The number of hydrogen-bond acceptors (Lipinski definition) is 7. The molecule has 2 aliphatic rings. The van der Waals surface area contributed by atoms with E-state index >= 15 is 0 Å². The third-order valence-electron chi connectivity index (χ3n) is 5.99. The van der Waals surface area contributed by atoms with Crippen molar-refractivity contribution in [2.24, 2.45) is 0 Å². The van der Waals surface area contributed by atoms with Crippen LogP contribution in [0.15, 0.2) is 47.8 Å². The largest absolute Gasteiger partial charge is 0.394 e. The molecular weight excluding hydrogens is 344 g/mol. The molecule has 2 aromatic rings. The zero-order valence-electron chi connectivity index (χ0n) is 13.2. The molecule has 1 heterocycles. The number of fused-ring (bicyclic) bond motifs is 1. The van der Waals surface area contributed by atoms with Gasteiger partial charge in [-0.15, -0.1) is 11.3 Å². The van der Waals surface area contributed by atoms with Crippen LogP contribution in [0.5, 0.6) is 0 Å². The van der Waals surface area contributed by atoms with E-state index in [-0.39, 0.29) is 0 Å². The molecule has 1 aromatic heterocycles. The van der Waals surface area contributed by atoms with Gasteiger partial charge in [0.15, 0.2) is 0 Å². The highest BCUT2D eigenvalue weighted by atomic mass is 32.1. The van der Waals surface area contributed by atoms with Crippen LogP contribution in [0, 0.1) is 0 Å². The van der Waals surface area contributed by atoms with E-state index in [4.69, 9.17) is 0 Å². The van der Waals surface area contributed by atoms with Gasteiger partial charge in [-0.05, 0) is 17.0 Å². The third kappa shape index (κ3) is 1.69. The van der Waals surface area contributed by atoms with Gasteiger partial charge in [-0.2, -0.15) is 0 Å². The zero-order chi connectivity index (χ0) is 18.0. The summed E-state index contributed by atoms with van der Waals surface area (Å²) in [5, 5.41) is 65.8. The van der Waals surface area contributed by atoms with Crippen molar-refractivity contribution >= 4 is 11.3 Å². The van der Waals surface area contributed by atoms with Crippen molar-refractivity contribution in [1.29, 1.82) is 0 Å². The summed E-state index contributed by atoms with van der Waals surface area (Å²) >= 11 is 1.24. The Hall–Kier alpha value is -1.32. The number of thiophene rings is 1. The Balaban J connectivity index is 1.86. The van der Waals surface area contributed by atoms with Gasteiger partial charge in [-0.1, -0.05) is 36.4 Å². The van der Waals surface area contributed by atoms with Crippen LogP contribution in [-0.2, 0) is 0 Å². The van der Waals surface area contributed by atoms with Gasteiger partial charge < -0.3 is 30.6 Å². The van der Waals surface area contributed by atoms with Gasteiger partial charge in [-0.25, -0.2) is 0 Å². The molecule has 0 aliphatic heterocycles. The lowest BCUT2D eigenvalue weighted by molar-refractivity contribution is -0.458. The SMILES string of the molecule is OC[C@@H](O)[C@]1(O)C(c2cccs2)[C@]2(O)C(O)C(c3ccccc3)[C@@]21O. The topological polar surface area (TPSA) is 121 Å². The molecule has 6 N–H and O–H groups in total. The maximum Gasteiger partial charge on any atom is 0.138 e. The van der Waals surface area contributed by atoms with Gasteiger partial charge in [0.2, 0.25) is 0 Å². The minimum atomic E-state index is -2.19. The third-order valence-corrected chi connectivity index (χ3v) is 6.92. The van der Waals surface area contributed by atoms with Crippen molar-refractivity contribution in [1.82, 2.24) is 0 Å². The smallest absolute Gasteiger partial charge is 0.138 e. The van der Waals surface area contributed by atoms with Crippen molar-refractivity contribution in [2.45, 2.75) is 40.8 Å². The molecule has 2 aliphatic carbocycles. The summed E-state index contributed by atoms with van der Waals surface area (Å²) in [6, 6.07) is 11.9. The maximum absolute atomic E-state index is 11.3. The van der Waals surface area contributed by atoms with Gasteiger partial charge in [0.05, 0.1) is 18.6 Å². The lowest BCUT2D eigenvalue weighted by Gasteiger charge is -2.80. The highest BCUT2D eigenvalue weighted by Crippen LogP contribution is 2.75. The van der Waals surface area contributed by atoms with E-state index in [1.54, 1.807) is 47.8 Å². The first-order valence-corrected chi connectivity index (χ1v) is 8.95. The first kappa shape index (κ1) is 17.1. The molecule has 6 nitrogen and oxygen atoms in total. The van der Waals surface area contributed by atoms with Crippen LogP contribution in [0.25, 0.3) is 0 Å². The van der Waals surface area contributed by atoms with Crippen molar-refractivity contribution in [3.8, 4) is 0 Å². The van der Waals surface area contributed by atoms with E-state index in [1.807, 2.05) is 0 Å². The molecule has 25 heavy (non-hydrogen) atoms. The summed E-state index contributed by atoms with van der Waals surface area (Å²) in [6.45, 7) is -0.783. The monoisotopic (exact) mass is 364 g/mol. The van der Waals surface area contributed by atoms with Crippen LogP contribution < -0.4 is 0 Å². The van der Waals surface area contributed by atoms with Crippen LogP contribution in [0.2, 0.25) is 0 Å². The summed E-state index contributed by atoms with van der Waals surface area (Å²) in [4.78, 5) is 0.521. The van der Waals surface area contributed by atoms with E-state index in [9.17, 15) is 30.6 Å². The van der Waals surface area contributed by atoms with Crippen LogP contribution in [-0.4, -0.2) is 66.3 Å². The van der Waals surface area contributed by atoms with Crippen molar-refractivity contribution in [2.75, 3.05) is 6.61 Å². The molecule has 134 valence electrons. The number of aliphatic hydroxyl groups is 6. The summed E-state index contributed by atoms with van der Waals surface area (Å²) in [6.07, 6.45) is -3.00. The fourth-order valence-electron chi connectivity index (χ4n) is 4.86. The fourth-order valence-corrected chi connectivity index (χ4v) is 5.82. The second-order valence-corrected chi connectivity index (χ2v) is 7.88. The minimum Gasteiger partial charge on any atom is -0.394 e. The Labute approximate surface area is 148 Å². The van der Waals surface area contributed by atoms with Crippen LogP contribution >= 0.6 is 11.3 Å². The summed E-state index contributed by atoms with van der Waals surface area (Å²) in [5.41, 5.74) is -5.85. The molecule has 3 unspecified atom stereocenters. The number of hydrogen-bond donors (Lipinski definition) is 6. The number of benzene rings is 1. The lowest BCUT2D eigenvalue weighted by Crippen LogP contribution is -2.99. The van der Waals surface area contributed by atoms with Crippen LogP contribution in [0.1, 0.15) is 22.3 Å². The zero-order valence-corrected chi connectivity index (χ0v) is 14.0. The van der Waals surface area contributed by atoms with E-state index in [0.29, 0.717) is 10.4 Å². The van der Waals surface area contributed by atoms with E-state index < -0.39 is 47.5 Å². The molecule has 1 aromatic carbocycles. The molecule has 0 spiro atoms. The van der Waals surface area contributed by atoms with E-state index in [0.717, 1.165) is 0 Å². The molecule has 2 fully saturated rings. The molecule has 0 saturated heterocycles. The fraction of sp³-hybridized carbons (Fsp3) is 0.444. The Kier molecular flexibility index (Phi) is 3.66. The van der Waals surface area contributed by atoms with E-state index in [1.165, 1.54) is 11.3 Å². The highest BCUT2D eigenvalue weighted by Gasteiger charge is 2.93. The molecular formula is C18H20O6S. The van der Waals surface area contributed by atoms with Gasteiger partial charge >= 0.3 is 0 Å².